The number of ketones is 3. The molecular weight excluding hydrogens is 354 g/mol. The lowest BCUT2D eigenvalue weighted by Crippen LogP contribution is -2.85. The van der Waals surface area contributed by atoms with Crippen molar-refractivity contribution in [1.29, 1.82) is 0 Å². The van der Waals surface area contributed by atoms with Crippen LogP contribution in [0.1, 0.15) is 27.7 Å². The first-order valence-electron chi connectivity index (χ1n) is 7.37. The summed E-state index contributed by atoms with van der Waals surface area (Å²) >= 11 is 0. The summed E-state index contributed by atoms with van der Waals surface area (Å²) in [5.41, 5.74) is -0.627. The van der Waals surface area contributed by atoms with Gasteiger partial charge in [0.05, 0.1) is 6.61 Å². The average Bonchev–Trinajstić information content (AvgIpc) is 2.53. The van der Waals surface area contributed by atoms with E-state index >= 15 is 0 Å². The van der Waals surface area contributed by atoms with Gasteiger partial charge in [-0.2, -0.15) is 0 Å². The third-order valence-electron chi connectivity index (χ3n) is 4.29. The van der Waals surface area contributed by atoms with E-state index < -0.39 is 59.1 Å². The Bertz CT molecular complexity index is 700. The van der Waals surface area contributed by atoms with Crippen molar-refractivity contribution < 1.29 is 44.0 Å². The van der Waals surface area contributed by atoms with Crippen molar-refractivity contribution in [2.45, 2.75) is 56.8 Å². The highest BCUT2D eigenvalue weighted by atomic mass is 16.6. The Labute approximate surface area is 147 Å². The molecule has 12 nitrogen and oxygen atoms in total. The number of rotatable bonds is 6. The van der Waals surface area contributed by atoms with Gasteiger partial charge in [0.25, 0.3) is 5.72 Å². The zero-order valence-electron chi connectivity index (χ0n) is 14.5. The number of esters is 1. The summed E-state index contributed by atoms with van der Waals surface area (Å²) in [6.07, 6.45) is -4.11. The fourth-order valence-corrected chi connectivity index (χ4v) is 3.20. The Balaban J connectivity index is 4.16. The first-order chi connectivity index (χ1) is 11.9. The molecule has 0 saturated carbocycles. The van der Waals surface area contributed by atoms with E-state index in [-0.39, 0.29) is 0 Å². The van der Waals surface area contributed by atoms with E-state index in [1.807, 2.05) is 0 Å². The van der Waals surface area contributed by atoms with Crippen molar-refractivity contribution in [1.82, 2.24) is 0 Å². The van der Waals surface area contributed by atoms with E-state index in [4.69, 9.17) is 15.0 Å². The largest absolute Gasteiger partial charge is 0.444 e. The second-order valence-electron chi connectivity index (χ2n) is 5.83. The molecule has 1 saturated heterocycles. The van der Waals surface area contributed by atoms with E-state index in [1.165, 1.54) is 0 Å². The monoisotopic (exact) mass is 373 g/mol. The summed E-state index contributed by atoms with van der Waals surface area (Å²) in [7, 11) is 0. The topological polar surface area (TPSA) is 196 Å². The maximum atomic E-state index is 12.5. The summed E-state index contributed by atoms with van der Waals surface area (Å²) < 4.78 is 10.1. The van der Waals surface area contributed by atoms with Gasteiger partial charge in [-0.15, -0.1) is 0 Å². The summed E-state index contributed by atoms with van der Waals surface area (Å²) in [4.78, 5) is 51.3. The fraction of sp³-hybridized carbons (Fsp3) is 0.714. The van der Waals surface area contributed by atoms with E-state index in [0.29, 0.717) is 0 Å². The normalized spacial score (nSPS) is 36.6. The standard InChI is InChI=1S/C14H19N3O9/c1-6(19)12(24)11(23)10(5-18)26-14(8(3)21,16-17-15)13(12,7(2)20)25-9(4)22/h10-11,18,23-24H,5H2,1-4H3. The Morgan fingerprint density at radius 3 is 2.00 bits per heavy atom. The smallest absolute Gasteiger partial charge is 0.303 e. The summed E-state index contributed by atoms with van der Waals surface area (Å²) in [5.74, 6) is -5.04. The molecule has 0 bridgehead atoms. The van der Waals surface area contributed by atoms with Crippen molar-refractivity contribution in [3.05, 3.63) is 10.4 Å². The lowest BCUT2D eigenvalue weighted by atomic mass is 9.63. The second kappa shape index (κ2) is 7.09. The molecule has 1 fully saturated rings. The third kappa shape index (κ3) is 2.59. The molecule has 5 unspecified atom stereocenters. The SMILES string of the molecule is CC(=O)OC1(C(C)=O)C(N=[N+]=[N-])(C(C)=O)OC(CO)C(O)C1(O)C(C)=O. The Kier molecular flexibility index (Phi) is 5.91. The molecule has 26 heavy (non-hydrogen) atoms. The number of hydrogen-bond donors (Lipinski definition) is 3. The predicted octanol–water partition coefficient (Wildman–Crippen LogP) is -1.45. The quantitative estimate of drug-likeness (QED) is 0.216. The molecule has 0 spiro atoms. The molecule has 0 aromatic heterocycles. The molecule has 0 aromatic carbocycles. The molecule has 1 rings (SSSR count). The minimum absolute atomic E-state index is 0.747. The van der Waals surface area contributed by atoms with Crippen LogP contribution in [0.15, 0.2) is 5.11 Å². The Morgan fingerprint density at radius 2 is 1.69 bits per heavy atom. The molecule has 0 radical (unpaired) electrons. The molecule has 1 heterocycles. The number of aliphatic hydroxyl groups excluding tert-OH is 2. The van der Waals surface area contributed by atoms with Gasteiger partial charge < -0.3 is 24.8 Å². The number of Topliss-reactive ketones (excluding diaryl/α,β-unsaturated/α-hetero) is 3. The molecule has 1 aliphatic heterocycles. The lowest BCUT2D eigenvalue weighted by Gasteiger charge is -2.57. The van der Waals surface area contributed by atoms with Crippen molar-refractivity contribution in [2.75, 3.05) is 6.61 Å². The van der Waals surface area contributed by atoms with Crippen LogP contribution >= 0.6 is 0 Å². The van der Waals surface area contributed by atoms with Gasteiger partial charge >= 0.3 is 5.97 Å². The van der Waals surface area contributed by atoms with Gasteiger partial charge in [-0.1, -0.05) is 0 Å². The highest BCUT2D eigenvalue weighted by Gasteiger charge is 2.80. The van der Waals surface area contributed by atoms with Crippen molar-refractivity contribution >= 4 is 23.3 Å². The Morgan fingerprint density at radius 1 is 1.15 bits per heavy atom. The van der Waals surface area contributed by atoms with Crippen LogP contribution in [0.3, 0.4) is 0 Å². The molecule has 1 aliphatic rings. The van der Waals surface area contributed by atoms with Crippen LogP contribution in [0.4, 0.5) is 0 Å². The predicted molar refractivity (Wildman–Crippen MR) is 81.3 cm³/mol. The number of aliphatic hydroxyl groups is 3. The molecule has 0 aromatic rings. The maximum absolute atomic E-state index is 12.5. The molecule has 3 N–H and O–H groups in total. The van der Waals surface area contributed by atoms with Gasteiger partial charge in [-0.3, -0.25) is 19.2 Å². The van der Waals surface area contributed by atoms with Gasteiger partial charge in [0, 0.05) is 11.8 Å². The van der Waals surface area contributed by atoms with Crippen LogP contribution in [0.2, 0.25) is 0 Å². The number of nitrogens with zero attached hydrogens (tertiary/aromatic N) is 3. The van der Waals surface area contributed by atoms with E-state index in [9.17, 15) is 34.5 Å². The van der Waals surface area contributed by atoms with E-state index in [1.54, 1.807) is 0 Å². The highest BCUT2D eigenvalue weighted by molar-refractivity contribution is 6.06. The van der Waals surface area contributed by atoms with Crippen molar-refractivity contribution in [2.24, 2.45) is 5.11 Å². The second-order valence-corrected chi connectivity index (χ2v) is 5.83. The zero-order valence-corrected chi connectivity index (χ0v) is 14.5. The molecule has 0 amide bonds. The summed E-state index contributed by atoms with van der Waals surface area (Å²) in [6, 6.07) is 0. The van der Waals surface area contributed by atoms with Gasteiger partial charge in [0.2, 0.25) is 11.2 Å². The van der Waals surface area contributed by atoms with Crippen LogP contribution in [-0.2, 0) is 28.7 Å². The Hall–Kier alpha value is -2.37. The molecule has 144 valence electrons. The molecule has 0 aliphatic carbocycles. The van der Waals surface area contributed by atoms with Gasteiger partial charge in [-0.25, -0.2) is 0 Å². The van der Waals surface area contributed by atoms with Gasteiger partial charge in [-0.05, 0) is 31.4 Å². The molecular formula is C14H19N3O9. The first-order valence-corrected chi connectivity index (χ1v) is 7.37. The van der Waals surface area contributed by atoms with Crippen molar-refractivity contribution in [3.63, 3.8) is 0 Å². The first kappa shape index (κ1) is 21.7. The van der Waals surface area contributed by atoms with Gasteiger partial charge in [0.15, 0.2) is 17.3 Å². The number of ether oxygens (including phenoxy) is 2. The fourth-order valence-electron chi connectivity index (χ4n) is 3.20. The van der Waals surface area contributed by atoms with Crippen LogP contribution in [0.5, 0.6) is 0 Å². The number of carbonyl (C=O) groups is 4. The van der Waals surface area contributed by atoms with Crippen LogP contribution in [-0.4, -0.2) is 74.4 Å². The van der Waals surface area contributed by atoms with E-state index in [0.717, 1.165) is 27.7 Å². The van der Waals surface area contributed by atoms with Crippen LogP contribution in [0.25, 0.3) is 10.4 Å². The lowest BCUT2D eigenvalue weighted by molar-refractivity contribution is -0.321. The van der Waals surface area contributed by atoms with Crippen LogP contribution < -0.4 is 0 Å². The minimum atomic E-state index is -3.25. The third-order valence-corrected chi connectivity index (χ3v) is 4.29. The highest BCUT2D eigenvalue weighted by Crippen LogP contribution is 2.50. The summed E-state index contributed by atoms with van der Waals surface area (Å²) in [6.45, 7) is 2.07. The number of hydrogen-bond acceptors (Lipinski definition) is 10. The van der Waals surface area contributed by atoms with E-state index in [2.05, 4.69) is 10.0 Å². The molecule has 5 atom stereocenters. The summed E-state index contributed by atoms with van der Waals surface area (Å²) in [5, 5.41) is 34.0. The van der Waals surface area contributed by atoms with Crippen molar-refractivity contribution in [3.8, 4) is 0 Å². The molecule has 12 heteroatoms. The van der Waals surface area contributed by atoms with Crippen LogP contribution in [0, 0.1) is 0 Å². The van der Waals surface area contributed by atoms with Gasteiger partial charge in [0.1, 0.15) is 12.2 Å². The average molecular weight is 373 g/mol. The minimum Gasteiger partial charge on any atom is -0.444 e. The number of azide groups is 1. The maximum Gasteiger partial charge on any atom is 0.303 e. The number of carbonyl (C=O) groups excluding carboxylic acids is 4. The zero-order chi connectivity index (χ0) is 20.5.